The van der Waals surface area contributed by atoms with Gasteiger partial charge < -0.3 is 20.2 Å². The maximum Gasteiger partial charge on any atom is 0.326 e. The molecule has 0 saturated carbocycles. The molecule has 2 amide bonds. The van der Waals surface area contributed by atoms with Gasteiger partial charge in [0.2, 0.25) is 0 Å². The van der Waals surface area contributed by atoms with Crippen LogP contribution in [0.5, 0.6) is 0 Å². The van der Waals surface area contributed by atoms with Crippen molar-refractivity contribution in [2.45, 2.75) is 32.4 Å². The summed E-state index contributed by atoms with van der Waals surface area (Å²) >= 11 is 0. The van der Waals surface area contributed by atoms with Crippen LogP contribution in [0.15, 0.2) is 0 Å². The molecule has 1 rings (SSSR count). The van der Waals surface area contributed by atoms with Gasteiger partial charge >= 0.3 is 12.0 Å². The van der Waals surface area contributed by atoms with Gasteiger partial charge in [0.1, 0.15) is 6.04 Å². The Morgan fingerprint density at radius 1 is 1.44 bits per heavy atom. The van der Waals surface area contributed by atoms with Gasteiger partial charge in [-0.1, -0.05) is 13.8 Å². The van der Waals surface area contributed by atoms with E-state index in [0.717, 1.165) is 0 Å². The molecule has 2 unspecified atom stereocenters. The second-order valence-corrected chi connectivity index (χ2v) is 5.16. The highest BCUT2D eigenvalue weighted by Gasteiger charge is 2.34. The molecular formula is C12H23N3O3. The van der Waals surface area contributed by atoms with E-state index in [1.807, 2.05) is 14.1 Å². The first-order valence-corrected chi connectivity index (χ1v) is 6.31. The first-order valence-electron chi connectivity index (χ1n) is 6.31. The molecule has 1 aliphatic heterocycles. The van der Waals surface area contributed by atoms with Gasteiger partial charge in [-0.3, -0.25) is 0 Å². The van der Waals surface area contributed by atoms with Gasteiger partial charge in [-0.25, -0.2) is 9.59 Å². The van der Waals surface area contributed by atoms with Gasteiger partial charge in [0, 0.05) is 19.1 Å². The topological polar surface area (TPSA) is 72.9 Å². The van der Waals surface area contributed by atoms with Gasteiger partial charge in [0.25, 0.3) is 0 Å². The van der Waals surface area contributed by atoms with Crippen LogP contribution < -0.4 is 5.32 Å². The first kappa shape index (κ1) is 14.8. The normalized spacial score (nSPS) is 25.3. The third kappa shape index (κ3) is 3.35. The fourth-order valence-corrected chi connectivity index (χ4v) is 2.37. The van der Waals surface area contributed by atoms with Gasteiger partial charge in [-0.05, 0) is 26.4 Å². The molecule has 1 aliphatic rings. The molecule has 0 aromatic rings. The summed E-state index contributed by atoms with van der Waals surface area (Å²) in [5, 5.41) is 11.5. The number of nitrogens with one attached hydrogen (secondary N) is 1. The number of carbonyl (C=O) groups excluding carboxylic acids is 1. The number of carboxylic acids is 1. The second-order valence-electron chi connectivity index (χ2n) is 5.16. The molecule has 3 atom stereocenters. The van der Waals surface area contributed by atoms with Crippen molar-refractivity contribution in [3.63, 3.8) is 0 Å². The van der Waals surface area contributed by atoms with Crippen molar-refractivity contribution in [2.75, 3.05) is 27.2 Å². The minimum Gasteiger partial charge on any atom is -0.480 e. The van der Waals surface area contributed by atoms with Crippen molar-refractivity contribution < 1.29 is 14.7 Å². The highest BCUT2D eigenvalue weighted by atomic mass is 16.4. The van der Waals surface area contributed by atoms with Gasteiger partial charge in [0.05, 0.1) is 0 Å². The molecule has 6 heteroatoms. The predicted molar refractivity (Wildman–Crippen MR) is 68.5 cm³/mol. The Morgan fingerprint density at radius 2 is 2.06 bits per heavy atom. The number of rotatable bonds is 4. The Morgan fingerprint density at radius 3 is 2.44 bits per heavy atom. The summed E-state index contributed by atoms with van der Waals surface area (Å²) in [5.74, 6) is -0.585. The highest BCUT2D eigenvalue weighted by molar-refractivity contribution is 5.82. The van der Waals surface area contributed by atoms with E-state index in [1.165, 1.54) is 0 Å². The molecule has 0 bridgehead atoms. The minimum absolute atomic E-state index is 0.277. The third-order valence-corrected chi connectivity index (χ3v) is 3.53. The molecule has 0 spiro atoms. The van der Waals surface area contributed by atoms with Crippen LogP contribution in [0.3, 0.4) is 0 Å². The van der Waals surface area contributed by atoms with Crippen LogP contribution in [0, 0.1) is 5.92 Å². The second kappa shape index (κ2) is 6.04. The van der Waals surface area contributed by atoms with Crippen LogP contribution in [-0.4, -0.2) is 66.2 Å². The lowest BCUT2D eigenvalue weighted by Crippen LogP contribution is -2.47. The van der Waals surface area contributed by atoms with Crippen LogP contribution >= 0.6 is 0 Å². The van der Waals surface area contributed by atoms with Crippen LogP contribution in [-0.2, 0) is 4.79 Å². The fourth-order valence-electron chi connectivity index (χ4n) is 2.37. The molecule has 18 heavy (non-hydrogen) atoms. The summed E-state index contributed by atoms with van der Waals surface area (Å²) in [6.45, 7) is 5.17. The number of carbonyl (C=O) groups is 2. The monoisotopic (exact) mass is 257 g/mol. The zero-order chi connectivity index (χ0) is 13.9. The van der Waals surface area contributed by atoms with E-state index >= 15 is 0 Å². The van der Waals surface area contributed by atoms with Crippen LogP contribution in [0.25, 0.3) is 0 Å². The van der Waals surface area contributed by atoms with Crippen molar-refractivity contribution in [3.8, 4) is 0 Å². The molecule has 0 aliphatic carbocycles. The minimum atomic E-state index is -0.984. The average molecular weight is 257 g/mol. The summed E-state index contributed by atoms with van der Waals surface area (Å²) in [4.78, 5) is 26.6. The molecule has 1 saturated heterocycles. The number of likely N-dealkylation sites (N-methyl/N-ethyl adjacent to an activating group) is 1. The standard InChI is InChI=1S/C12H23N3O3/c1-5-9(11(16)17)13-12(18)15-6-8(2)10(7-15)14(3)4/h8-10H,5-7H2,1-4H3,(H,13,18)(H,16,17)/t8?,9-,10?/m0/s1. The zero-order valence-corrected chi connectivity index (χ0v) is 11.5. The largest absolute Gasteiger partial charge is 0.480 e. The first-order chi connectivity index (χ1) is 8.36. The van der Waals surface area contributed by atoms with E-state index < -0.39 is 12.0 Å². The number of likely N-dealkylation sites (tertiary alicyclic amines) is 1. The number of aliphatic carboxylic acids is 1. The van der Waals surface area contributed by atoms with Crippen LogP contribution in [0.4, 0.5) is 4.79 Å². The summed E-state index contributed by atoms with van der Waals surface area (Å²) in [6.07, 6.45) is 0.390. The van der Waals surface area contributed by atoms with Crippen molar-refractivity contribution in [1.29, 1.82) is 0 Å². The zero-order valence-electron chi connectivity index (χ0n) is 11.5. The Bertz CT molecular complexity index is 320. The Kier molecular flexibility index (Phi) is 4.95. The van der Waals surface area contributed by atoms with E-state index in [0.29, 0.717) is 31.5 Å². The quantitative estimate of drug-likeness (QED) is 0.766. The van der Waals surface area contributed by atoms with Crippen LogP contribution in [0.2, 0.25) is 0 Å². The Labute approximate surface area is 108 Å². The van der Waals surface area contributed by atoms with Gasteiger partial charge in [-0.15, -0.1) is 0 Å². The lowest BCUT2D eigenvalue weighted by molar-refractivity contribution is -0.139. The average Bonchev–Trinajstić information content (AvgIpc) is 2.67. The molecule has 0 radical (unpaired) electrons. The number of nitrogens with zero attached hydrogens (tertiary/aromatic N) is 2. The molecule has 6 nitrogen and oxygen atoms in total. The number of hydrogen-bond donors (Lipinski definition) is 2. The third-order valence-electron chi connectivity index (χ3n) is 3.53. The number of urea groups is 1. The van der Waals surface area contributed by atoms with E-state index in [2.05, 4.69) is 17.1 Å². The molecular weight excluding hydrogens is 234 g/mol. The lowest BCUT2D eigenvalue weighted by Gasteiger charge is -2.23. The molecule has 1 heterocycles. The molecule has 1 fully saturated rings. The SMILES string of the molecule is CC[C@H](NC(=O)N1CC(C)C(N(C)C)C1)C(=O)O. The maximum atomic E-state index is 12.0. The van der Waals surface area contributed by atoms with E-state index in [1.54, 1.807) is 11.8 Å². The van der Waals surface area contributed by atoms with Crippen molar-refractivity contribution in [2.24, 2.45) is 5.92 Å². The van der Waals surface area contributed by atoms with E-state index in [4.69, 9.17) is 5.11 Å². The Hall–Kier alpha value is -1.30. The number of amides is 2. The summed E-state index contributed by atoms with van der Waals surface area (Å²) in [7, 11) is 3.99. The fraction of sp³-hybridized carbons (Fsp3) is 0.833. The number of carboxylic acid groups (broad SMARTS) is 1. The lowest BCUT2D eigenvalue weighted by atomic mass is 10.1. The smallest absolute Gasteiger partial charge is 0.326 e. The van der Waals surface area contributed by atoms with Gasteiger partial charge in [0.15, 0.2) is 0 Å². The van der Waals surface area contributed by atoms with Crippen molar-refractivity contribution in [1.82, 2.24) is 15.1 Å². The van der Waals surface area contributed by atoms with Crippen molar-refractivity contribution >= 4 is 12.0 Å². The molecule has 0 aromatic carbocycles. The Balaban J connectivity index is 2.56. The van der Waals surface area contributed by atoms with E-state index in [9.17, 15) is 9.59 Å². The van der Waals surface area contributed by atoms with Crippen LogP contribution in [0.1, 0.15) is 20.3 Å². The maximum absolute atomic E-state index is 12.0. The summed E-state index contributed by atoms with van der Waals surface area (Å²) in [6, 6.07) is -0.743. The summed E-state index contributed by atoms with van der Waals surface area (Å²) < 4.78 is 0. The highest BCUT2D eigenvalue weighted by Crippen LogP contribution is 2.19. The molecule has 0 aromatic heterocycles. The van der Waals surface area contributed by atoms with E-state index in [-0.39, 0.29) is 6.03 Å². The van der Waals surface area contributed by atoms with Gasteiger partial charge in [-0.2, -0.15) is 0 Å². The predicted octanol–water partition coefficient (Wildman–Crippen LogP) is 0.441. The number of hydrogen-bond acceptors (Lipinski definition) is 3. The van der Waals surface area contributed by atoms with Crippen molar-refractivity contribution in [3.05, 3.63) is 0 Å². The molecule has 104 valence electrons. The summed E-state index contributed by atoms with van der Waals surface area (Å²) in [5.41, 5.74) is 0. The molecule has 2 N–H and O–H groups in total.